The Labute approximate surface area is 155 Å². The minimum absolute atomic E-state index is 0.00731. The van der Waals surface area contributed by atoms with Crippen LogP contribution >= 0.6 is 11.6 Å². The minimum atomic E-state index is -2.70. The van der Waals surface area contributed by atoms with Gasteiger partial charge in [-0.3, -0.25) is 14.2 Å². The van der Waals surface area contributed by atoms with Gasteiger partial charge in [-0.05, 0) is 6.07 Å². The molecule has 1 aliphatic rings. The van der Waals surface area contributed by atoms with Crippen molar-refractivity contribution in [3.63, 3.8) is 0 Å². The number of hydrogen-bond donors (Lipinski definition) is 2. The van der Waals surface area contributed by atoms with Crippen LogP contribution in [0.15, 0.2) is 30.7 Å². The van der Waals surface area contributed by atoms with Gasteiger partial charge in [0.25, 0.3) is 5.92 Å². The third-order valence-corrected chi connectivity index (χ3v) is 5.59. The molecule has 2 unspecified atom stereocenters. The van der Waals surface area contributed by atoms with Crippen LogP contribution in [0.1, 0.15) is 12.8 Å². The number of carbonyl (C=O) groups is 1. The summed E-state index contributed by atoms with van der Waals surface area (Å²) in [5, 5.41) is 16.0. The molecule has 1 aliphatic carbocycles. The summed E-state index contributed by atoms with van der Waals surface area (Å²) in [5.41, 5.74) is 0.772. The fourth-order valence-corrected chi connectivity index (χ4v) is 3.90. The fourth-order valence-electron chi connectivity index (χ4n) is 2.33. The first-order valence-electron chi connectivity index (χ1n) is 7.73. The molecule has 11 heteroatoms. The average molecular weight is 406 g/mol. The number of aromatic nitrogens is 3. The summed E-state index contributed by atoms with van der Waals surface area (Å²) in [5.74, 6) is -4.06. The van der Waals surface area contributed by atoms with Gasteiger partial charge in [0.05, 0.1) is 11.9 Å². The first-order chi connectivity index (χ1) is 12.2. The first kappa shape index (κ1) is 18.7. The average Bonchev–Trinajstić information content (AvgIpc) is 2.99. The fraction of sp³-hybridized carbons (Fsp3) is 0.400. The van der Waals surface area contributed by atoms with Crippen molar-refractivity contribution in [3.05, 3.63) is 35.9 Å². The van der Waals surface area contributed by atoms with Gasteiger partial charge < -0.3 is 5.32 Å². The van der Waals surface area contributed by atoms with E-state index in [-0.39, 0.29) is 35.2 Å². The number of nitrogens with one attached hydrogen (secondary N) is 1. The molecule has 2 N–H and O–H groups in total. The predicted octanol–water partition coefficient (Wildman–Crippen LogP) is 1.78. The molecule has 7 nitrogen and oxygen atoms in total. The Kier molecular flexibility index (Phi) is 5.24. The highest BCUT2D eigenvalue weighted by molar-refractivity contribution is 7.85. The molecule has 0 spiro atoms. The zero-order chi connectivity index (χ0) is 18.9. The molecule has 2 aromatic rings. The molecule has 0 radical (unpaired) electrons. The largest absolute Gasteiger partial charge is 0.322 e. The van der Waals surface area contributed by atoms with E-state index >= 15 is 0 Å². The maximum Gasteiger partial charge on any atom is 0.252 e. The van der Waals surface area contributed by atoms with Crippen LogP contribution in [0.5, 0.6) is 0 Å². The molecule has 1 amide bonds. The molecule has 2 heterocycles. The highest BCUT2D eigenvalue weighted by Gasteiger charge is 2.57. The lowest BCUT2D eigenvalue weighted by molar-refractivity contribution is -0.904. The summed E-state index contributed by atoms with van der Waals surface area (Å²) in [7, 11) is -1.47. The second-order valence-corrected chi connectivity index (χ2v) is 7.97. The maximum atomic E-state index is 12.8. The van der Waals surface area contributed by atoms with E-state index < -0.39 is 28.5 Å². The molecule has 0 saturated heterocycles. The SMILES string of the molecule is O=C(CCS(=O)CC1CC1(F)F)Nc1cn(-c2ccc[n+](O)c2)nc1Cl. The molecule has 2 aromatic heterocycles. The van der Waals surface area contributed by atoms with Gasteiger partial charge in [-0.15, -0.1) is 0 Å². The number of amides is 1. The second kappa shape index (κ2) is 7.28. The molecule has 26 heavy (non-hydrogen) atoms. The number of rotatable bonds is 7. The predicted molar refractivity (Wildman–Crippen MR) is 90.1 cm³/mol. The zero-order valence-electron chi connectivity index (χ0n) is 13.4. The van der Waals surface area contributed by atoms with Crippen molar-refractivity contribution in [3.8, 4) is 5.69 Å². The topological polar surface area (TPSA) is 88.1 Å². The number of pyridine rings is 1. The van der Waals surface area contributed by atoms with E-state index in [0.717, 1.165) is 4.73 Å². The highest BCUT2D eigenvalue weighted by Crippen LogP contribution is 2.48. The Morgan fingerprint density at radius 1 is 1.58 bits per heavy atom. The summed E-state index contributed by atoms with van der Waals surface area (Å²) < 4.78 is 39.6. The van der Waals surface area contributed by atoms with Crippen molar-refractivity contribution < 1.29 is 27.7 Å². The van der Waals surface area contributed by atoms with Crippen molar-refractivity contribution in [1.29, 1.82) is 0 Å². The Morgan fingerprint density at radius 3 is 2.96 bits per heavy atom. The van der Waals surface area contributed by atoms with E-state index in [1.54, 1.807) is 12.1 Å². The standard InChI is InChI=1S/C15H15ClF2N4O3S/c16-14-12(8-22(20-14)11-2-1-4-21(24)7-11)19-13(23)3-5-26(25)9-10-6-15(10,17)18/h1-2,4,7-8,10H,3,5-6,9H2,(H-,19,23,24)/p+1. The third kappa shape index (κ3) is 4.55. The van der Waals surface area contributed by atoms with Crippen molar-refractivity contribution in [2.75, 3.05) is 16.8 Å². The number of carbonyl (C=O) groups excluding carboxylic acids is 1. The Bertz CT molecular complexity index is 861. The van der Waals surface area contributed by atoms with E-state index in [1.807, 2.05) is 0 Å². The lowest BCUT2D eigenvalue weighted by Gasteiger charge is -2.03. The lowest BCUT2D eigenvalue weighted by Crippen LogP contribution is -2.29. The molecule has 1 saturated carbocycles. The van der Waals surface area contributed by atoms with Gasteiger partial charge in [-0.25, -0.2) is 13.5 Å². The van der Waals surface area contributed by atoms with E-state index in [1.165, 1.54) is 23.3 Å². The van der Waals surface area contributed by atoms with E-state index in [4.69, 9.17) is 11.6 Å². The van der Waals surface area contributed by atoms with E-state index in [9.17, 15) is 23.0 Å². The van der Waals surface area contributed by atoms with Gasteiger partial charge >= 0.3 is 0 Å². The van der Waals surface area contributed by atoms with E-state index in [0.29, 0.717) is 5.69 Å². The number of nitrogens with zero attached hydrogens (tertiary/aromatic N) is 3. The van der Waals surface area contributed by atoms with Crippen molar-refractivity contribution in [2.45, 2.75) is 18.8 Å². The molecule has 0 bridgehead atoms. The van der Waals surface area contributed by atoms with Gasteiger partial charge in [-0.1, -0.05) is 11.6 Å². The number of anilines is 1. The molecule has 140 valence electrons. The smallest absolute Gasteiger partial charge is 0.252 e. The van der Waals surface area contributed by atoms with Crippen LogP contribution in [-0.4, -0.2) is 42.5 Å². The van der Waals surface area contributed by atoms with Gasteiger partial charge in [0.2, 0.25) is 18.3 Å². The first-order valence-corrected chi connectivity index (χ1v) is 9.60. The monoisotopic (exact) mass is 405 g/mol. The molecule has 1 fully saturated rings. The van der Waals surface area contributed by atoms with Crippen molar-refractivity contribution in [1.82, 2.24) is 9.78 Å². The number of halogens is 3. The molecular formula is C15H16ClF2N4O3S+. The van der Waals surface area contributed by atoms with Gasteiger partial charge in [-0.2, -0.15) is 5.10 Å². The normalized spacial score (nSPS) is 19.1. The van der Waals surface area contributed by atoms with Crippen LogP contribution in [-0.2, 0) is 15.6 Å². The van der Waals surface area contributed by atoms with Crippen LogP contribution in [0.25, 0.3) is 5.69 Å². The number of hydrogen-bond acceptors (Lipinski definition) is 4. The summed E-state index contributed by atoms with van der Waals surface area (Å²) in [6.45, 7) is 0. The molecule has 0 aromatic carbocycles. The second-order valence-electron chi connectivity index (χ2n) is 5.99. The number of alkyl halides is 2. The van der Waals surface area contributed by atoms with Crippen LogP contribution in [0.3, 0.4) is 0 Å². The van der Waals surface area contributed by atoms with Gasteiger partial charge in [0, 0.05) is 51.9 Å². The molecule has 3 rings (SSSR count). The van der Waals surface area contributed by atoms with Crippen LogP contribution in [0, 0.1) is 5.92 Å². The Balaban J connectivity index is 1.54. The minimum Gasteiger partial charge on any atom is -0.322 e. The quantitative estimate of drug-likeness (QED) is 0.543. The molecule has 0 aliphatic heterocycles. The van der Waals surface area contributed by atoms with Crippen LogP contribution < -0.4 is 10.0 Å². The summed E-state index contributed by atoms with van der Waals surface area (Å²) >= 11 is 5.99. The lowest BCUT2D eigenvalue weighted by atomic mass is 10.4. The van der Waals surface area contributed by atoms with Crippen LogP contribution in [0.2, 0.25) is 5.15 Å². The third-order valence-electron chi connectivity index (χ3n) is 3.88. The summed E-state index contributed by atoms with van der Waals surface area (Å²) in [6, 6.07) is 3.28. The molecular weight excluding hydrogens is 390 g/mol. The van der Waals surface area contributed by atoms with Gasteiger partial charge in [0.1, 0.15) is 5.69 Å². The molecule has 2 atom stereocenters. The Hall–Kier alpha value is -2.07. The summed E-state index contributed by atoms with van der Waals surface area (Å²) in [6.07, 6.45) is 3.99. The van der Waals surface area contributed by atoms with Gasteiger partial charge in [0.15, 0.2) is 5.15 Å². The van der Waals surface area contributed by atoms with E-state index in [2.05, 4.69) is 10.4 Å². The zero-order valence-corrected chi connectivity index (χ0v) is 15.0. The van der Waals surface area contributed by atoms with Crippen molar-refractivity contribution >= 4 is 34.0 Å². The Morgan fingerprint density at radius 2 is 2.31 bits per heavy atom. The van der Waals surface area contributed by atoms with Crippen LogP contribution in [0.4, 0.5) is 14.5 Å². The maximum absolute atomic E-state index is 12.8. The summed E-state index contributed by atoms with van der Waals surface area (Å²) in [4.78, 5) is 12.0. The van der Waals surface area contributed by atoms with Crippen molar-refractivity contribution in [2.24, 2.45) is 5.92 Å². The highest BCUT2D eigenvalue weighted by atomic mass is 35.5.